The molecule has 3 nitrogen and oxygen atoms in total. The molecule has 0 fully saturated rings. The quantitative estimate of drug-likeness (QED) is 0.601. The number of hydrogen-bond donors (Lipinski definition) is 2. The molecule has 2 N–H and O–H groups in total. The van der Waals surface area contributed by atoms with Crippen molar-refractivity contribution in [3.63, 3.8) is 0 Å². The number of hydrogen-bond acceptors (Lipinski definition) is 1. The van der Waals surface area contributed by atoms with Crippen molar-refractivity contribution in [3.8, 4) is 11.3 Å². The molecule has 0 aliphatic carbocycles. The highest BCUT2D eigenvalue weighted by Crippen LogP contribution is 2.12. The van der Waals surface area contributed by atoms with Gasteiger partial charge in [0.05, 0.1) is 11.9 Å². The summed E-state index contributed by atoms with van der Waals surface area (Å²) in [6.45, 7) is 0. The molecule has 3 heteroatoms. The summed E-state index contributed by atoms with van der Waals surface area (Å²) in [4.78, 5) is 2.84. The van der Waals surface area contributed by atoms with Gasteiger partial charge in [0.25, 0.3) is 0 Å². The Morgan fingerprint density at radius 2 is 2.30 bits per heavy atom. The first-order chi connectivity index (χ1) is 4.97. The van der Waals surface area contributed by atoms with E-state index in [1.165, 1.54) is 0 Å². The van der Waals surface area contributed by atoms with Crippen molar-refractivity contribution in [2.75, 3.05) is 0 Å². The normalized spacial score (nSPS) is 10.0. The number of rotatable bonds is 1. The predicted octanol–water partition coefficient (Wildman–Crippen LogP) is 1.20. The Labute approximate surface area is 58.1 Å². The van der Waals surface area contributed by atoms with E-state index in [0.717, 1.165) is 11.3 Å². The monoisotopic (exact) mass is 132 g/mol. The van der Waals surface area contributed by atoms with Gasteiger partial charge in [0.2, 0.25) is 0 Å². The minimum Gasteiger partial charge on any atom is -0.359 e. The Bertz CT molecular complexity index is 248. The maximum Gasteiger partial charge on any atom is 0.0942 e. The van der Waals surface area contributed by atoms with Crippen molar-refractivity contribution in [3.05, 3.63) is 30.7 Å². The van der Waals surface area contributed by atoms with Crippen LogP contribution in [0.5, 0.6) is 0 Å². The van der Waals surface area contributed by atoms with Gasteiger partial charge in [-0.05, 0) is 12.1 Å². The summed E-state index contributed by atoms with van der Waals surface area (Å²) < 4.78 is 0. The Hall–Kier alpha value is -1.51. The maximum absolute atomic E-state index is 3.98. The molecule has 0 atom stereocenters. The van der Waals surface area contributed by atoms with E-state index < -0.39 is 0 Å². The van der Waals surface area contributed by atoms with Crippen LogP contribution in [0.4, 0.5) is 0 Å². The predicted molar refractivity (Wildman–Crippen MR) is 37.2 cm³/mol. The van der Waals surface area contributed by atoms with Crippen molar-refractivity contribution in [1.29, 1.82) is 0 Å². The minimum absolute atomic E-state index is 0.918. The first kappa shape index (κ1) is 5.29. The lowest BCUT2D eigenvalue weighted by Gasteiger charge is -1.82. The Morgan fingerprint density at radius 1 is 1.30 bits per heavy atom. The zero-order valence-corrected chi connectivity index (χ0v) is 5.26. The van der Waals surface area contributed by atoms with Crippen molar-refractivity contribution in [2.45, 2.75) is 0 Å². The first-order valence-electron chi connectivity index (χ1n) is 3.02. The van der Waals surface area contributed by atoms with E-state index in [-0.39, 0.29) is 0 Å². The van der Waals surface area contributed by atoms with Crippen molar-refractivity contribution < 1.29 is 0 Å². The molecule has 0 spiro atoms. The van der Waals surface area contributed by atoms with Gasteiger partial charge in [-0.15, -0.1) is 0 Å². The van der Waals surface area contributed by atoms with Gasteiger partial charge in [0, 0.05) is 18.0 Å². The van der Waals surface area contributed by atoms with Gasteiger partial charge in [-0.2, -0.15) is 5.10 Å². The van der Waals surface area contributed by atoms with Crippen LogP contribution in [0.3, 0.4) is 0 Å². The summed E-state index contributed by atoms with van der Waals surface area (Å²) in [7, 11) is 0. The third-order valence-electron chi connectivity index (χ3n) is 1.32. The fourth-order valence-corrected chi connectivity index (χ4v) is 0.846. The van der Waals surface area contributed by atoms with Crippen LogP contribution in [0, 0.1) is 6.20 Å². The van der Waals surface area contributed by atoms with Crippen LogP contribution >= 0.6 is 0 Å². The summed E-state index contributed by atoms with van der Waals surface area (Å²) in [5.41, 5.74) is 1.91. The average molecular weight is 132 g/mol. The van der Waals surface area contributed by atoms with Gasteiger partial charge in [-0.25, -0.2) is 0 Å². The highest BCUT2D eigenvalue weighted by molar-refractivity contribution is 5.56. The lowest BCUT2D eigenvalue weighted by Crippen LogP contribution is -1.71. The van der Waals surface area contributed by atoms with Gasteiger partial charge < -0.3 is 4.98 Å². The molecule has 2 rings (SSSR count). The van der Waals surface area contributed by atoms with E-state index >= 15 is 0 Å². The molecule has 0 aliphatic heterocycles. The maximum atomic E-state index is 3.98. The molecular formula is C7H6N3. The average Bonchev–Trinajstić information content (AvgIpc) is 2.59. The standard InChI is InChI=1S/C7H6N3/c1-3-8-5-6(1)7-2-4-9-10-7/h1-4,8H,(H,9,10). The number of aromatic amines is 2. The Balaban J connectivity index is 2.48. The molecule has 0 amide bonds. The zero-order valence-electron chi connectivity index (χ0n) is 5.26. The zero-order chi connectivity index (χ0) is 6.81. The number of nitrogens with zero attached hydrogens (tertiary/aromatic N) is 1. The molecule has 0 aromatic carbocycles. The van der Waals surface area contributed by atoms with Gasteiger partial charge >= 0.3 is 0 Å². The largest absolute Gasteiger partial charge is 0.359 e. The summed E-state index contributed by atoms with van der Waals surface area (Å²) in [5.74, 6) is 0. The molecule has 49 valence electrons. The van der Waals surface area contributed by atoms with Crippen LogP contribution in [0.1, 0.15) is 0 Å². The lowest BCUT2D eigenvalue weighted by molar-refractivity contribution is 1.10. The van der Waals surface area contributed by atoms with E-state index in [1.807, 2.05) is 18.3 Å². The highest BCUT2D eigenvalue weighted by atomic mass is 15.1. The third-order valence-corrected chi connectivity index (χ3v) is 1.32. The molecule has 2 heterocycles. The molecule has 10 heavy (non-hydrogen) atoms. The number of H-pyrrole nitrogens is 2. The molecule has 2 aromatic rings. The minimum atomic E-state index is 0.918. The molecular weight excluding hydrogens is 126 g/mol. The molecule has 1 radical (unpaired) electrons. The Kier molecular flexibility index (Phi) is 1.07. The van der Waals surface area contributed by atoms with E-state index in [9.17, 15) is 0 Å². The molecule has 0 aliphatic rings. The fourth-order valence-electron chi connectivity index (χ4n) is 0.846. The van der Waals surface area contributed by atoms with Crippen LogP contribution in [-0.2, 0) is 0 Å². The molecule has 0 bridgehead atoms. The third kappa shape index (κ3) is 0.719. The van der Waals surface area contributed by atoms with Crippen molar-refractivity contribution in [1.82, 2.24) is 15.2 Å². The molecule has 2 aromatic heterocycles. The lowest BCUT2D eigenvalue weighted by atomic mass is 10.2. The topological polar surface area (TPSA) is 44.5 Å². The highest BCUT2D eigenvalue weighted by Gasteiger charge is 1.97. The second-order valence-electron chi connectivity index (χ2n) is 1.98. The van der Waals surface area contributed by atoms with E-state index in [4.69, 9.17) is 0 Å². The van der Waals surface area contributed by atoms with E-state index in [2.05, 4.69) is 21.4 Å². The van der Waals surface area contributed by atoms with Gasteiger partial charge in [0.1, 0.15) is 0 Å². The van der Waals surface area contributed by atoms with Gasteiger partial charge in [-0.3, -0.25) is 5.10 Å². The summed E-state index contributed by atoms with van der Waals surface area (Å²) in [6, 6.07) is 3.83. The summed E-state index contributed by atoms with van der Waals surface area (Å²) in [5, 5.41) is 6.72. The Morgan fingerprint density at radius 3 is 2.90 bits per heavy atom. The SMILES string of the molecule is [c]1[nH]ccc1-c1cc[nH]n1. The van der Waals surface area contributed by atoms with Gasteiger partial charge in [-0.1, -0.05) is 0 Å². The first-order valence-corrected chi connectivity index (χ1v) is 3.02. The molecule has 0 saturated heterocycles. The van der Waals surface area contributed by atoms with E-state index in [0.29, 0.717) is 0 Å². The van der Waals surface area contributed by atoms with Crippen LogP contribution in [0.25, 0.3) is 11.3 Å². The number of nitrogens with one attached hydrogen (secondary N) is 2. The summed E-state index contributed by atoms with van der Waals surface area (Å²) in [6.07, 6.45) is 6.54. The number of aromatic nitrogens is 3. The smallest absolute Gasteiger partial charge is 0.0942 e. The van der Waals surface area contributed by atoms with E-state index in [1.54, 1.807) is 6.20 Å². The summed E-state index contributed by atoms with van der Waals surface area (Å²) >= 11 is 0. The van der Waals surface area contributed by atoms with Crippen molar-refractivity contribution >= 4 is 0 Å². The molecule has 0 saturated carbocycles. The van der Waals surface area contributed by atoms with Crippen LogP contribution in [0.2, 0.25) is 0 Å². The molecule has 0 unspecified atom stereocenters. The van der Waals surface area contributed by atoms with Gasteiger partial charge in [0.15, 0.2) is 0 Å². The van der Waals surface area contributed by atoms with Crippen LogP contribution in [-0.4, -0.2) is 15.2 Å². The second-order valence-corrected chi connectivity index (χ2v) is 1.98. The second kappa shape index (κ2) is 2.02. The van der Waals surface area contributed by atoms with Crippen molar-refractivity contribution in [2.24, 2.45) is 0 Å². The van der Waals surface area contributed by atoms with Crippen LogP contribution in [0.15, 0.2) is 24.5 Å². The van der Waals surface area contributed by atoms with Crippen LogP contribution < -0.4 is 0 Å². The fraction of sp³-hybridized carbons (Fsp3) is 0.